The Labute approximate surface area is 217 Å². The summed E-state index contributed by atoms with van der Waals surface area (Å²) in [6, 6.07) is 11.9. The van der Waals surface area contributed by atoms with Crippen LogP contribution >= 0.6 is 23.5 Å². The molecule has 6 nitrogen and oxygen atoms in total. The highest BCUT2D eigenvalue weighted by atomic mass is 35.5. The molecule has 1 aliphatic heterocycles. The van der Waals surface area contributed by atoms with Crippen molar-refractivity contribution in [1.82, 2.24) is 14.9 Å². The van der Waals surface area contributed by atoms with Gasteiger partial charge in [-0.15, -0.1) is 0 Å². The summed E-state index contributed by atoms with van der Waals surface area (Å²) in [5.74, 6) is 1.60. The predicted molar refractivity (Wildman–Crippen MR) is 140 cm³/mol. The van der Waals surface area contributed by atoms with Gasteiger partial charge in [0.1, 0.15) is 5.75 Å². The second-order valence-corrected chi connectivity index (χ2v) is 11.9. The second kappa shape index (κ2) is 11.1. The molecule has 0 spiro atoms. The molecule has 0 unspecified atom stereocenters. The number of likely N-dealkylation sites (tertiary alicyclic amines) is 1. The minimum atomic E-state index is -0.295. The summed E-state index contributed by atoms with van der Waals surface area (Å²) < 4.78 is 7.16. The van der Waals surface area contributed by atoms with Gasteiger partial charge in [-0.25, -0.2) is 0 Å². The summed E-state index contributed by atoms with van der Waals surface area (Å²) in [5, 5.41) is 11.1. The van der Waals surface area contributed by atoms with Gasteiger partial charge in [-0.1, -0.05) is 17.7 Å². The molecule has 1 heterocycles. The normalized spacial score (nSPS) is 19.2. The monoisotopic (exact) mass is 515 g/mol. The molecule has 2 aliphatic carbocycles. The van der Waals surface area contributed by atoms with Crippen LogP contribution < -0.4 is 10.2 Å². The van der Waals surface area contributed by atoms with Crippen molar-refractivity contribution in [2.75, 3.05) is 19.7 Å². The molecule has 0 bridgehead atoms. The topological polar surface area (TPSA) is 65.0 Å². The highest BCUT2D eigenvalue weighted by Crippen LogP contribution is 2.45. The van der Waals surface area contributed by atoms with Crippen LogP contribution in [-0.2, 0) is 6.54 Å². The molecule has 3 aliphatic rings. The Hall–Kier alpha value is -1.77. The number of carbonyl (C=O) groups is 1. The van der Waals surface area contributed by atoms with E-state index in [2.05, 4.69) is 29.4 Å². The Kier molecular flexibility index (Phi) is 7.89. The van der Waals surface area contributed by atoms with Crippen molar-refractivity contribution in [3.63, 3.8) is 0 Å². The number of nitrogens with one attached hydrogen (secondary N) is 1. The number of aryl methyl sites for hydroxylation is 1. The molecule has 0 radical (unpaired) electrons. The van der Waals surface area contributed by atoms with E-state index in [1.807, 2.05) is 18.2 Å². The maximum atomic E-state index is 12.6. The first-order valence-corrected chi connectivity index (χ1v) is 13.9. The molecule has 1 saturated heterocycles. The van der Waals surface area contributed by atoms with E-state index >= 15 is 0 Å². The maximum absolute atomic E-state index is 12.6. The number of hydrogen-bond acceptors (Lipinski definition) is 6. The predicted octanol–water partition coefficient (Wildman–Crippen LogP) is 5.96. The number of piperidine rings is 1. The van der Waals surface area contributed by atoms with E-state index in [-0.39, 0.29) is 5.91 Å². The first kappa shape index (κ1) is 24.9. The molecular formula is C27H34ClN3O3S. The fraction of sp³-hybridized carbons (Fsp3) is 0.519. The van der Waals surface area contributed by atoms with Gasteiger partial charge in [0.15, 0.2) is 0 Å². The standard InChI is InChI=1S/C27H34ClN3O3S/c1-18-12-20(14-23(28)13-18)16-30-10-8-19(9-11-30)17-34-26-7-4-22(15-25(26)21-2-3-21)27(32)29-31(33)35-24-5-6-24/h4,7,12-15,19,21,24,33H,2-3,5-6,8-11,16-17H2,1H3,(H,29,32). The molecule has 188 valence electrons. The zero-order chi connectivity index (χ0) is 24.4. The minimum absolute atomic E-state index is 0.295. The Balaban J connectivity index is 1.12. The van der Waals surface area contributed by atoms with Crippen LogP contribution in [0.25, 0.3) is 0 Å². The smallest absolute Gasteiger partial charge is 0.268 e. The Morgan fingerprint density at radius 1 is 1.14 bits per heavy atom. The Morgan fingerprint density at radius 3 is 2.60 bits per heavy atom. The second-order valence-electron chi connectivity index (χ2n) is 10.2. The molecule has 0 aromatic heterocycles. The average molecular weight is 516 g/mol. The van der Waals surface area contributed by atoms with Crippen molar-refractivity contribution >= 4 is 29.5 Å². The summed E-state index contributed by atoms with van der Waals surface area (Å²) in [6.07, 6.45) is 6.65. The first-order valence-electron chi connectivity index (χ1n) is 12.6. The lowest BCUT2D eigenvalue weighted by atomic mass is 9.97. The zero-order valence-corrected chi connectivity index (χ0v) is 21.8. The highest BCUT2D eigenvalue weighted by molar-refractivity contribution is 7.97. The molecule has 2 saturated carbocycles. The summed E-state index contributed by atoms with van der Waals surface area (Å²) in [7, 11) is 0. The maximum Gasteiger partial charge on any atom is 0.268 e. The van der Waals surface area contributed by atoms with E-state index in [9.17, 15) is 10.0 Å². The van der Waals surface area contributed by atoms with E-state index < -0.39 is 0 Å². The van der Waals surface area contributed by atoms with Crippen LogP contribution in [0, 0.1) is 12.8 Å². The van der Waals surface area contributed by atoms with E-state index in [0.717, 1.165) is 79.1 Å². The minimum Gasteiger partial charge on any atom is -0.493 e. The van der Waals surface area contributed by atoms with Crippen LogP contribution in [0.2, 0.25) is 5.02 Å². The number of benzene rings is 2. The Morgan fingerprint density at radius 2 is 1.91 bits per heavy atom. The van der Waals surface area contributed by atoms with E-state index in [0.29, 0.717) is 29.3 Å². The molecule has 3 fully saturated rings. The molecule has 0 atom stereocenters. The summed E-state index contributed by atoms with van der Waals surface area (Å²) in [4.78, 5) is 15.1. The van der Waals surface area contributed by atoms with Gasteiger partial charge in [0.25, 0.3) is 5.91 Å². The fourth-order valence-corrected chi connectivity index (χ4v) is 5.78. The molecule has 2 N–H and O–H groups in total. The van der Waals surface area contributed by atoms with Crippen molar-refractivity contribution in [3.8, 4) is 5.75 Å². The lowest BCUT2D eigenvalue weighted by Gasteiger charge is -2.32. The third kappa shape index (κ3) is 7.14. The quantitative estimate of drug-likeness (QED) is 0.300. The third-order valence-corrected chi connectivity index (χ3v) is 8.23. The van der Waals surface area contributed by atoms with Gasteiger partial charge >= 0.3 is 0 Å². The van der Waals surface area contributed by atoms with Gasteiger partial charge in [0.2, 0.25) is 0 Å². The molecule has 8 heteroatoms. The SMILES string of the molecule is Cc1cc(Cl)cc(CN2CCC(COc3ccc(C(=O)NN(O)SC4CC4)cc3C3CC3)CC2)c1. The molecule has 35 heavy (non-hydrogen) atoms. The lowest BCUT2D eigenvalue weighted by molar-refractivity contribution is -0.0247. The number of halogens is 1. The van der Waals surface area contributed by atoms with Crippen LogP contribution in [0.1, 0.15) is 71.5 Å². The van der Waals surface area contributed by atoms with Crippen LogP contribution in [0.3, 0.4) is 0 Å². The van der Waals surface area contributed by atoms with E-state index in [1.165, 1.54) is 23.1 Å². The first-order chi connectivity index (χ1) is 16.9. The van der Waals surface area contributed by atoms with Gasteiger partial charge in [0.05, 0.1) is 6.61 Å². The molecule has 1 amide bonds. The summed E-state index contributed by atoms with van der Waals surface area (Å²) in [6.45, 7) is 5.85. The number of carbonyl (C=O) groups excluding carboxylic acids is 1. The van der Waals surface area contributed by atoms with Gasteiger partial charge in [0, 0.05) is 22.4 Å². The van der Waals surface area contributed by atoms with E-state index in [1.54, 1.807) is 6.07 Å². The largest absolute Gasteiger partial charge is 0.493 e. The van der Waals surface area contributed by atoms with Crippen molar-refractivity contribution in [2.45, 2.75) is 63.2 Å². The van der Waals surface area contributed by atoms with Crippen LogP contribution in [0.4, 0.5) is 0 Å². The van der Waals surface area contributed by atoms with Crippen molar-refractivity contribution in [1.29, 1.82) is 0 Å². The van der Waals surface area contributed by atoms with Crippen LogP contribution in [0.5, 0.6) is 5.75 Å². The van der Waals surface area contributed by atoms with Gasteiger partial charge in [-0.3, -0.25) is 20.3 Å². The summed E-state index contributed by atoms with van der Waals surface area (Å²) in [5.41, 5.74) is 6.70. The zero-order valence-electron chi connectivity index (χ0n) is 20.2. The highest BCUT2D eigenvalue weighted by Gasteiger charge is 2.29. The van der Waals surface area contributed by atoms with Gasteiger partial charge in [-0.2, -0.15) is 0 Å². The number of amides is 1. The molecule has 2 aromatic rings. The number of rotatable bonds is 10. The third-order valence-electron chi connectivity index (χ3n) is 6.95. The average Bonchev–Trinajstić information content (AvgIpc) is 3.73. The van der Waals surface area contributed by atoms with Gasteiger partial charge in [-0.05, 0) is 134 Å². The summed E-state index contributed by atoms with van der Waals surface area (Å²) >= 11 is 7.49. The Bertz CT molecular complexity index is 1030. The van der Waals surface area contributed by atoms with Crippen molar-refractivity contribution < 1.29 is 14.7 Å². The number of hydrazine groups is 1. The lowest BCUT2D eigenvalue weighted by Crippen LogP contribution is -2.35. The van der Waals surface area contributed by atoms with Crippen LogP contribution in [0.15, 0.2) is 36.4 Å². The van der Waals surface area contributed by atoms with Crippen molar-refractivity contribution in [3.05, 3.63) is 63.7 Å². The fourth-order valence-electron chi connectivity index (χ4n) is 4.71. The molecule has 5 rings (SSSR count). The van der Waals surface area contributed by atoms with Gasteiger partial charge < -0.3 is 4.74 Å². The number of hydrogen-bond donors (Lipinski definition) is 2. The van der Waals surface area contributed by atoms with Crippen molar-refractivity contribution in [2.24, 2.45) is 5.92 Å². The number of ether oxygens (including phenoxy) is 1. The van der Waals surface area contributed by atoms with E-state index in [4.69, 9.17) is 16.3 Å². The number of nitrogens with zero attached hydrogens (tertiary/aromatic N) is 2. The molecule has 2 aromatic carbocycles. The molecular weight excluding hydrogens is 482 g/mol. The van der Waals surface area contributed by atoms with Crippen LogP contribution in [-0.4, -0.2) is 45.5 Å².